The molecule has 5 nitrogen and oxygen atoms in total. The van der Waals surface area contributed by atoms with Crippen LogP contribution in [0.5, 0.6) is 11.5 Å². The lowest BCUT2D eigenvalue weighted by Crippen LogP contribution is -2.42. The molecule has 6 heteroatoms. The molecule has 2 aliphatic rings. The predicted molar refractivity (Wildman–Crippen MR) is 125 cm³/mol. The molecular weight excluding hydrogens is 410 g/mol. The number of ether oxygens (including phenoxy) is 1. The summed E-state index contributed by atoms with van der Waals surface area (Å²) in [6.45, 7) is 5.11. The van der Waals surface area contributed by atoms with E-state index in [1.807, 2.05) is 30.6 Å². The number of phenols is 1. The van der Waals surface area contributed by atoms with Crippen molar-refractivity contribution in [2.24, 2.45) is 5.92 Å². The first-order valence-corrected chi connectivity index (χ1v) is 11.9. The lowest BCUT2D eigenvalue weighted by molar-refractivity contribution is 0.107. The highest BCUT2D eigenvalue weighted by Gasteiger charge is 2.28. The number of halogens is 1. The molecule has 0 amide bonds. The Labute approximate surface area is 191 Å². The highest BCUT2D eigenvalue weighted by atomic mass is 35.5. The molecular formula is C25H34ClN3O2. The molecule has 0 unspecified atom stereocenters. The van der Waals surface area contributed by atoms with E-state index in [0.717, 1.165) is 31.2 Å². The molecule has 1 N–H and O–H groups in total. The van der Waals surface area contributed by atoms with E-state index >= 15 is 0 Å². The summed E-state index contributed by atoms with van der Waals surface area (Å²) < 4.78 is 5.31. The van der Waals surface area contributed by atoms with Gasteiger partial charge in [-0.25, -0.2) is 0 Å². The summed E-state index contributed by atoms with van der Waals surface area (Å²) in [4.78, 5) is 9.51. The van der Waals surface area contributed by atoms with Crippen LogP contribution in [0.15, 0.2) is 36.7 Å². The quantitative estimate of drug-likeness (QED) is 0.614. The maximum atomic E-state index is 10.1. The Morgan fingerprint density at radius 3 is 2.55 bits per heavy atom. The lowest BCUT2D eigenvalue weighted by atomic mass is 9.94. The molecule has 4 rings (SSSR count). The number of piperidine rings is 1. The fourth-order valence-electron chi connectivity index (χ4n) is 5.20. The summed E-state index contributed by atoms with van der Waals surface area (Å²) >= 11 is 6.25. The second-order valence-corrected chi connectivity index (χ2v) is 9.48. The smallest absolute Gasteiger partial charge is 0.176 e. The van der Waals surface area contributed by atoms with Crippen molar-refractivity contribution in [3.63, 3.8) is 0 Å². The normalized spacial score (nSPS) is 18.7. The largest absolute Gasteiger partial charge is 0.503 e. The van der Waals surface area contributed by atoms with Crippen LogP contribution >= 0.6 is 11.6 Å². The van der Waals surface area contributed by atoms with Gasteiger partial charge in [0.2, 0.25) is 0 Å². The van der Waals surface area contributed by atoms with Gasteiger partial charge in [0.05, 0.1) is 12.1 Å². The van der Waals surface area contributed by atoms with Gasteiger partial charge in [-0.1, -0.05) is 30.5 Å². The van der Waals surface area contributed by atoms with E-state index in [9.17, 15) is 5.11 Å². The van der Waals surface area contributed by atoms with E-state index in [1.54, 1.807) is 7.11 Å². The minimum absolute atomic E-state index is 0.00557. The van der Waals surface area contributed by atoms with E-state index in [0.29, 0.717) is 16.7 Å². The molecule has 1 saturated heterocycles. The molecule has 2 heterocycles. The number of rotatable bonds is 8. The first-order valence-electron chi connectivity index (χ1n) is 11.5. The molecule has 1 aromatic heterocycles. The number of hydrogen-bond donors (Lipinski definition) is 1. The fraction of sp³-hybridized carbons (Fsp3) is 0.560. The third-order valence-electron chi connectivity index (χ3n) is 6.85. The van der Waals surface area contributed by atoms with Crippen molar-refractivity contribution in [3.05, 3.63) is 52.8 Å². The predicted octanol–water partition coefficient (Wildman–Crippen LogP) is 5.11. The van der Waals surface area contributed by atoms with E-state index in [2.05, 4.69) is 20.9 Å². The number of likely N-dealkylation sites (tertiary alicyclic amines) is 1. The molecule has 31 heavy (non-hydrogen) atoms. The number of aromatic nitrogens is 1. The van der Waals surface area contributed by atoms with Crippen molar-refractivity contribution < 1.29 is 9.84 Å². The molecule has 1 aromatic carbocycles. The molecule has 0 atom stereocenters. The average molecular weight is 444 g/mol. The highest BCUT2D eigenvalue weighted by Crippen LogP contribution is 2.35. The summed E-state index contributed by atoms with van der Waals surface area (Å²) in [5.74, 6) is 1.13. The SMILES string of the molecule is COc1cc(CN(Cc2cccnc2)CC2CCN(C3CCCC3)CC2)cc(Cl)c1O. The van der Waals surface area contributed by atoms with Gasteiger partial charge < -0.3 is 14.7 Å². The topological polar surface area (TPSA) is 48.8 Å². The number of hydrogen-bond acceptors (Lipinski definition) is 5. The maximum Gasteiger partial charge on any atom is 0.176 e. The second-order valence-electron chi connectivity index (χ2n) is 9.08. The molecule has 1 aliphatic heterocycles. The van der Waals surface area contributed by atoms with Gasteiger partial charge in [0.1, 0.15) is 0 Å². The minimum Gasteiger partial charge on any atom is -0.503 e. The van der Waals surface area contributed by atoms with Crippen molar-refractivity contribution >= 4 is 11.6 Å². The monoisotopic (exact) mass is 443 g/mol. The van der Waals surface area contributed by atoms with Crippen LogP contribution in [-0.2, 0) is 13.1 Å². The summed E-state index contributed by atoms with van der Waals surface area (Å²) in [6.07, 6.45) is 11.9. The van der Waals surface area contributed by atoms with Gasteiger partial charge in [-0.3, -0.25) is 9.88 Å². The van der Waals surface area contributed by atoms with Crippen molar-refractivity contribution in [1.29, 1.82) is 0 Å². The number of methoxy groups -OCH3 is 1. The zero-order valence-electron chi connectivity index (χ0n) is 18.5. The third kappa shape index (κ3) is 5.91. The summed E-state index contributed by atoms with van der Waals surface area (Å²) in [7, 11) is 1.56. The van der Waals surface area contributed by atoms with Crippen molar-refractivity contribution in [2.45, 2.75) is 57.7 Å². The Balaban J connectivity index is 1.43. The first kappa shape index (κ1) is 22.4. The molecule has 2 aromatic rings. The van der Waals surface area contributed by atoms with Gasteiger partial charge >= 0.3 is 0 Å². The number of pyridine rings is 1. The van der Waals surface area contributed by atoms with E-state index < -0.39 is 0 Å². The lowest BCUT2D eigenvalue weighted by Gasteiger charge is -2.38. The van der Waals surface area contributed by atoms with Gasteiger partial charge in [-0.15, -0.1) is 0 Å². The van der Waals surface area contributed by atoms with Crippen molar-refractivity contribution in [2.75, 3.05) is 26.7 Å². The molecule has 1 aliphatic carbocycles. The summed E-state index contributed by atoms with van der Waals surface area (Å²) in [6, 6.07) is 8.69. The maximum absolute atomic E-state index is 10.1. The minimum atomic E-state index is 0.00557. The van der Waals surface area contributed by atoms with Crippen LogP contribution in [0.3, 0.4) is 0 Å². The van der Waals surface area contributed by atoms with Gasteiger partial charge in [0.25, 0.3) is 0 Å². The van der Waals surface area contributed by atoms with Crippen LogP contribution in [0, 0.1) is 5.92 Å². The standard InChI is InChI=1S/C25H34ClN3O2/c1-31-24-14-21(13-23(26)25(24)30)18-28(17-20-5-4-10-27-15-20)16-19-8-11-29(12-9-19)22-6-2-3-7-22/h4-5,10,13-15,19,22,30H,2-3,6-9,11-12,16-18H2,1H3. The second kappa shape index (κ2) is 10.7. The summed E-state index contributed by atoms with van der Waals surface area (Å²) in [5.41, 5.74) is 2.26. The zero-order valence-corrected chi connectivity index (χ0v) is 19.2. The first-order chi connectivity index (χ1) is 15.1. The third-order valence-corrected chi connectivity index (χ3v) is 7.14. The van der Waals surface area contributed by atoms with E-state index in [4.69, 9.17) is 16.3 Å². The molecule has 2 fully saturated rings. The molecule has 1 saturated carbocycles. The Hall–Kier alpha value is -1.82. The molecule has 0 radical (unpaired) electrons. The number of aromatic hydroxyl groups is 1. The Morgan fingerprint density at radius 2 is 1.87 bits per heavy atom. The highest BCUT2D eigenvalue weighted by molar-refractivity contribution is 6.32. The van der Waals surface area contributed by atoms with Crippen LogP contribution in [-0.4, -0.2) is 52.7 Å². The Bertz CT molecular complexity index is 834. The summed E-state index contributed by atoms with van der Waals surface area (Å²) in [5, 5.41) is 10.4. The molecule has 0 spiro atoms. The van der Waals surface area contributed by atoms with Gasteiger partial charge in [0, 0.05) is 38.1 Å². The molecule has 0 bridgehead atoms. The average Bonchev–Trinajstić information content (AvgIpc) is 3.32. The van der Waals surface area contributed by atoms with Crippen LogP contribution in [0.2, 0.25) is 5.02 Å². The van der Waals surface area contributed by atoms with Crippen molar-refractivity contribution in [1.82, 2.24) is 14.8 Å². The van der Waals surface area contributed by atoms with Crippen LogP contribution < -0.4 is 4.74 Å². The van der Waals surface area contributed by atoms with Crippen LogP contribution in [0.1, 0.15) is 49.7 Å². The number of benzene rings is 1. The number of phenolic OH excluding ortho intramolecular Hbond substituents is 1. The molecule has 168 valence electrons. The van der Waals surface area contributed by atoms with Crippen LogP contribution in [0.4, 0.5) is 0 Å². The Kier molecular flexibility index (Phi) is 7.70. The van der Waals surface area contributed by atoms with E-state index in [-0.39, 0.29) is 5.75 Å². The zero-order chi connectivity index (χ0) is 21.6. The Morgan fingerprint density at radius 1 is 1.13 bits per heavy atom. The van der Waals surface area contributed by atoms with Gasteiger partial charge in [-0.05, 0) is 74.0 Å². The van der Waals surface area contributed by atoms with E-state index in [1.165, 1.54) is 57.2 Å². The van der Waals surface area contributed by atoms with Crippen LogP contribution in [0.25, 0.3) is 0 Å². The fourth-order valence-corrected chi connectivity index (χ4v) is 5.44. The van der Waals surface area contributed by atoms with Gasteiger partial charge in [0.15, 0.2) is 11.5 Å². The number of nitrogens with zero attached hydrogens (tertiary/aromatic N) is 3. The van der Waals surface area contributed by atoms with Crippen molar-refractivity contribution in [3.8, 4) is 11.5 Å². The van der Waals surface area contributed by atoms with Gasteiger partial charge in [-0.2, -0.15) is 0 Å².